The molecule has 5 nitrogen and oxygen atoms in total. The molecule has 37 heavy (non-hydrogen) atoms. The van der Waals surface area contributed by atoms with E-state index in [4.69, 9.17) is 4.74 Å². The highest BCUT2D eigenvalue weighted by Gasteiger charge is 2.38. The molecule has 0 bridgehead atoms. The van der Waals surface area contributed by atoms with E-state index in [-0.39, 0.29) is 31.2 Å². The van der Waals surface area contributed by atoms with Crippen LogP contribution in [0.15, 0.2) is 72.8 Å². The molecule has 0 aliphatic rings. The molecule has 0 saturated heterocycles. The number of nitrogens with one attached hydrogen (secondary N) is 1. The smallest absolute Gasteiger partial charge is 0.416 e. The molecular weight excluding hydrogens is 504 g/mol. The van der Waals surface area contributed by atoms with Gasteiger partial charge in [-0.2, -0.15) is 26.3 Å². The number of esters is 1. The van der Waals surface area contributed by atoms with Crippen molar-refractivity contribution in [3.8, 4) is 5.75 Å². The van der Waals surface area contributed by atoms with Crippen molar-refractivity contribution in [2.24, 2.45) is 0 Å². The van der Waals surface area contributed by atoms with Gasteiger partial charge in [-0.1, -0.05) is 42.5 Å². The van der Waals surface area contributed by atoms with E-state index in [0.29, 0.717) is 11.3 Å². The minimum Gasteiger partial charge on any atom is -0.489 e. The fourth-order valence-corrected chi connectivity index (χ4v) is 3.40. The zero-order chi connectivity index (χ0) is 27.2. The molecule has 0 aromatic heterocycles. The lowest BCUT2D eigenvalue weighted by Crippen LogP contribution is -2.43. The van der Waals surface area contributed by atoms with E-state index in [2.05, 4.69) is 10.1 Å². The highest BCUT2D eigenvalue weighted by molar-refractivity contribution is 5.97. The Balaban J connectivity index is 1.81. The molecular formula is C26H21F6NO4. The Hall–Kier alpha value is -4.02. The first-order chi connectivity index (χ1) is 17.4. The molecule has 11 heteroatoms. The maximum Gasteiger partial charge on any atom is 0.416 e. The van der Waals surface area contributed by atoms with Gasteiger partial charge in [0, 0.05) is 12.0 Å². The number of benzene rings is 3. The number of methoxy groups -OCH3 is 1. The lowest BCUT2D eigenvalue weighted by atomic mass is 10.0. The number of ether oxygens (including phenoxy) is 2. The van der Waals surface area contributed by atoms with Crippen molar-refractivity contribution >= 4 is 11.9 Å². The van der Waals surface area contributed by atoms with E-state index in [1.54, 1.807) is 24.3 Å². The van der Waals surface area contributed by atoms with Crippen LogP contribution in [0.2, 0.25) is 0 Å². The third kappa shape index (κ3) is 7.73. The highest BCUT2D eigenvalue weighted by Crippen LogP contribution is 2.36. The standard InChI is InChI=1S/C26H21F6NO4/c1-36-24(35)22(11-17-8-5-9-21(10-17)37-15-16-6-3-2-4-7-16)33-23(34)18-12-19(25(27,28)29)14-20(13-18)26(30,31)32/h2-10,12-14,22H,11,15H2,1H3,(H,33,34)/t22-/m1/s1. The van der Waals surface area contributed by atoms with E-state index in [9.17, 15) is 35.9 Å². The summed E-state index contributed by atoms with van der Waals surface area (Å²) in [5.74, 6) is -1.79. The Morgan fingerprint density at radius 2 is 1.41 bits per heavy atom. The largest absolute Gasteiger partial charge is 0.489 e. The van der Waals surface area contributed by atoms with Crippen LogP contribution in [0.5, 0.6) is 5.75 Å². The van der Waals surface area contributed by atoms with Crippen molar-refractivity contribution in [1.29, 1.82) is 0 Å². The third-order valence-corrected chi connectivity index (χ3v) is 5.23. The number of hydrogen-bond donors (Lipinski definition) is 1. The SMILES string of the molecule is COC(=O)[C@@H](Cc1cccc(OCc2ccccc2)c1)NC(=O)c1cc(C(F)(F)F)cc(C(F)(F)F)c1. The average molecular weight is 525 g/mol. The van der Waals surface area contributed by atoms with Crippen molar-refractivity contribution < 1.29 is 45.4 Å². The zero-order valence-corrected chi connectivity index (χ0v) is 19.3. The molecule has 1 amide bonds. The first kappa shape index (κ1) is 27.6. The van der Waals surface area contributed by atoms with Crippen LogP contribution in [0.4, 0.5) is 26.3 Å². The molecule has 0 heterocycles. The average Bonchev–Trinajstić information content (AvgIpc) is 2.86. The quantitative estimate of drug-likeness (QED) is 0.298. The van der Waals surface area contributed by atoms with E-state index < -0.39 is 47.0 Å². The predicted molar refractivity (Wildman–Crippen MR) is 121 cm³/mol. The van der Waals surface area contributed by atoms with Gasteiger partial charge in [-0.3, -0.25) is 4.79 Å². The van der Waals surface area contributed by atoms with E-state index in [1.165, 1.54) is 0 Å². The molecule has 0 unspecified atom stereocenters. The molecule has 0 saturated carbocycles. The predicted octanol–water partition coefficient (Wildman–Crippen LogP) is 5.82. The maximum absolute atomic E-state index is 13.2. The summed E-state index contributed by atoms with van der Waals surface area (Å²) in [5, 5.41) is 2.18. The molecule has 0 aliphatic heterocycles. The summed E-state index contributed by atoms with van der Waals surface area (Å²) in [6, 6.07) is 14.9. The minimum absolute atomic E-state index is 0.0878. The van der Waals surface area contributed by atoms with Gasteiger partial charge in [0.05, 0.1) is 18.2 Å². The Labute approximate surface area is 208 Å². The Morgan fingerprint density at radius 1 is 0.811 bits per heavy atom. The van der Waals surface area contributed by atoms with Crippen LogP contribution in [-0.2, 0) is 34.9 Å². The molecule has 196 valence electrons. The molecule has 1 N–H and O–H groups in total. The molecule has 0 spiro atoms. The zero-order valence-electron chi connectivity index (χ0n) is 19.3. The molecule has 0 fully saturated rings. The van der Waals surface area contributed by atoms with Crippen LogP contribution in [0.1, 0.15) is 32.6 Å². The van der Waals surface area contributed by atoms with Crippen molar-refractivity contribution in [1.82, 2.24) is 5.32 Å². The van der Waals surface area contributed by atoms with Gasteiger partial charge in [0.1, 0.15) is 18.4 Å². The van der Waals surface area contributed by atoms with Crippen molar-refractivity contribution in [2.75, 3.05) is 7.11 Å². The Kier molecular flexibility index (Phi) is 8.46. The second-order valence-electron chi connectivity index (χ2n) is 7.97. The Bertz CT molecular complexity index is 1210. The fourth-order valence-electron chi connectivity index (χ4n) is 3.40. The van der Waals surface area contributed by atoms with Crippen LogP contribution in [0.25, 0.3) is 0 Å². The number of halogens is 6. The van der Waals surface area contributed by atoms with Gasteiger partial charge in [0.2, 0.25) is 0 Å². The maximum atomic E-state index is 13.2. The summed E-state index contributed by atoms with van der Waals surface area (Å²) in [4.78, 5) is 25.0. The lowest BCUT2D eigenvalue weighted by molar-refractivity contribution is -0.144. The van der Waals surface area contributed by atoms with Crippen molar-refractivity contribution in [3.63, 3.8) is 0 Å². The second-order valence-corrected chi connectivity index (χ2v) is 7.97. The topological polar surface area (TPSA) is 64.6 Å². The van der Waals surface area contributed by atoms with Crippen LogP contribution >= 0.6 is 0 Å². The first-order valence-corrected chi connectivity index (χ1v) is 10.8. The summed E-state index contributed by atoms with van der Waals surface area (Å²) in [5.41, 5.74) is -2.79. The van der Waals surface area contributed by atoms with Crippen LogP contribution in [0.3, 0.4) is 0 Å². The van der Waals surface area contributed by atoms with Gasteiger partial charge >= 0.3 is 18.3 Å². The second kappa shape index (κ2) is 11.4. The minimum atomic E-state index is -5.13. The Morgan fingerprint density at radius 3 is 1.97 bits per heavy atom. The van der Waals surface area contributed by atoms with Crippen LogP contribution < -0.4 is 10.1 Å². The monoisotopic (exact) mass is 525 g/mol. The van der Waals surface area contributed by atoms with Gasteiger partial charge in [0.15, 0.2) is 0 Å². The molecule has 3 aromatic rings. The molecule has 3 rings (SSSR count). The van der Waals surface area contributed by atoms with Crippen LogP contribution in [-0.4, -0.2) is 25.0 Å². The fraction of sp³-hybridized carbons (Fsp3) is 0.231. The number of rotatable bonds is 8. The summed E-state index contributed by atoms with van der Waals surface area (Å²) < 4.78 is 89.3. The third-order valence-electron chi connectivity index (χ3n) is 5.23. The molecule has 3 aromatic carbocycles. The molecule has 0 aliphatic carbocycles. The van der Waals surface area contributed by atoms with Crippen LogP contribution in [0, 0.1) is 0 Å². The first-order valence-electron chi connectivity index (χ1n) is 10.8. The molecule has 1 atom stereocenters. The van der Waals surface area contributed by atoms with Gasteiger partial charge < -0.3 is 14.8 Å². The van der Waals surface area contributed by atoms with Crippen molar-refractivity contribution in [2.45, 2.75) is 31.4 Å². The normalized spacial score (nSPS) is 12.5. The van der Waals surface area contributed by atoms with Crippen molar-refractivity contribution in [3.05, 3.63) is 101 Å². The number of carbonyl (C=O) groups excluding carboxylic acids is 2. The van der Waals surface area contributed by atoms with E-state index in [0.717, 1.165) is 12.7 Å². The summed E-state index contributed by atoms with van der Waals surface area (Å²) in [6.45, 7) is 0.262. The van der Waals surface area contributed by atoms with E-state index in [1.807, 2.05) is 30.3 Å². The van der Waals surface area contributed by atoms with Gasteiger partial charge in [-0.15, -0.1) is 0 Å². The number of hydrogen-bond acceptors (Lipinski definition) is 4. The number of alkyl halides is 6. The summed E-state index contributed by atoms with van der Waals surface area (Å²) >= 11 is 0. The summed E-state index contributed by atoms with van der Waals surface area (Å²) in [6.07, 6.45) is -10.4. The highest BCUT2D eigenvalue weighted by atomic mass is 19.4. The number of amides is 1. The summed E-state index contributed by atoms with van der Waals surface area (Å²) in [7, 11) is 1.03. The van der Waals surface area contributed by atoms with E-state index >= 15 is 0 Å². The molecule has 0 radical (unpaired) electrons. The van der Waals surface area contributed by atoms with Gasteiger partial charge in [0.25, 0.3) is 5.91 Å². The van der Waals surface area contributed by atoms with Gasteiger partial charge in [-0.25, -0.2) is 4.79 Å². The lowest BCUT2D eigenvalue weighted by Gasteiger charge is -2.19. The van der Waals surface area contributed by atoms with Gasteiger partial charge in [-0.05, 0) is 41.5 Å². The number of carbonyl (C=O) groups is 2.